The molecule has 0 radical (unpaired) electrons. The van der Waals surface area contributed by atoms with Gasteiger partial charge >= 0.3 is 0 Å². The van der Waals surface area contributed by atoms with Gasteiger partial charge in [-0.2, -0.15) is 4.31 Å². The summed E-state index contributed by atoms with van der Waals surface area (Å²) in [6.07, 6.45) is 3.16. The number of benzene rings is 1. The molecule has 1 saturated carbocycles. The average Bonchev–Trinajstić information content (AvgIpc) is 3.38. The zero-order chi connectivity index (χ0) is 17.4. The molecule has 7 nitrogen and oxygen atoms in total. The monoisotopic (exact) mass is 409 g/mol. The highest BCUT2D eigenvalue weighted by Crippen LogP contribution is 2.25. The minimum atomic E-state index is -3.68. The van der Waals surface area contributed by atoms with Gasteiger partial charge in [-0.05, 0) is 50.9 Å². The molecule has 0 bridgehead atoms. The van der Waals surface area contributed by atoms with E-state index in [1.807, 2.05) is 7.05 Å². The molecule has 1 heterocycles. The van der Waals surface area contributed by atoms with E-state index in [0.29, 0.717) is 19.1 Å². The molecule has 1 aliphatic carbocycles. The first-order valence-corrected chi connectivity index (χ1v) is 11.0. The number of hydrogen-bond acceptors (Lipinski definition) is 5. The van der Waals surface area contributed by atoms with Crippen molar-refractivity contribution in [1.29, 1.82) is 0 Å². The van der Waals surface area contributed by atoms with Gasteiger partial charge in [0.1, 0.15) is 0 Å². The maximum atomic E-state index is 12.8. The van der Waals surface area contributed by atoms with Crippen LogP contribution in [0.1, 0.15) is 25.7 Å². The average molecular weight is 410 g/mol. The van der Waals surface area contributed by atoms with Gasteiger partial charge in [-0.25, -0.2) is 21.6 Å². The second-order valence-corrected chi connectivity index (χ2v) is 9.99. The van der Waals surface area contributed by atoms with Crippen LogP contribution in [0.25, 0.3) is 0 Å². The second kappa shape index (κ2) is 7.89. The second-order valence-electron chi connectivity index (χ2n) is 6.34. The van der Waals surface area contributed by atoms with Gasteiger partial charge in [-0.15, -0.1) is 12.4 Å². The van der Waals surface area contributed by atoms with Crippen molar-refractivity contribution in [3.05, 3.63) is 24.3 Å². The maximum Gasteiger partial charge on any atom is 0.243 e. The first kappa shape index (κ1) is 20.6. The summed E-state index contributed by atoms with van der Waals surface area (Å²) in [4.78, 5) is 0.0321. The largest absolute Gasteiger partial charge is 0.317 e. The van der Waals surface area contributed by atoms with E-state index in [1.165, 1.54) is 28.6 Å². The molecule has 142 valence electrons. The highest BCUT2D eigenvalue weighted by Gasteiger charge is 2.31. The SMILES string of the molecule is CNC1CCN(S(=O)(=O)c2cccc(S(=O)(=O)NC3CC3)c2)CC1.Cl. The van der Waals surface area contributed by atoms with Gasteiger partial charge in [0, 0.05) is 25.2 Å². The molecule has 0 aromatic heterocycles. The lowest BCUT2D eigenvalue weighted by molar-refractivity contribution is 0.298. The molecule has 3 rings (SSSR count). The molecule has 0 amide bonds. The quantitative estimate of drug-likeness (QED) is 0.728. The standard InChI is InChI=1S/C15H23N3O4S2.ClH/c1-16-12-7-9-18(10-8-12)24(21,22)15-4-2-3-14(11-15)23(19,20)17-13-5-6-13;/h2-4,11-13,16-17H,5-10H2,1H3;1H. The number of sulfonamides is 2. The molecule has 25 heavy (non-hydrogen) atoms. The summed E-state index contributed by atoms with van der Waals surface area (Å²) < 4.78 is 54.2. The van der Waals surface area contributed by atoms with Crippen molar-refractivity contribution >= 4 is 32.5 Å². The van der Waals surface area contributed by atoms with E-state index in [9.17, 15) is 16.8 Å². The topological polar surface area (TPSA) is 95.6 Å². The van der Waals surface area contributed by atoms with Crippen molar-refractivity contribution in [2.75, 3.05) is 20.1 Å². The smallest absolute Gasteiger partial charge is 0.243 e. The van der Waals surface area contributed by atoms with Gasteiger partial charge in [-0.3, -0.25) is 0 Å². The number of nitrogens with zero attached hydrogens (tertiary/aromatic N) is 1. The van der Waals surface area contributed by atoms with E-state index in [-0.39, 0.29) is 28.2 Å². The number of rotatable bonds is 6. The van der Waals surface area contributed by atoms with Crippen LogP contribution in [0, 0.1) is 0 Å². The number of hydrogen-bond donors (Lipinski definition) is 2. The zero-order valence-electron chi connectivity index (χ0n) is 14.0. The third-order valence-electron chi connectivity index (χ3n) is 4.51. The summed E-state index contributed by atoms with van der Waals surface area (Å²) in [6, 6.07) is 5.92. The van der Waals surface area contributed by atoms with E-state index in [0.717, 1.165) is 25.7 Å². The number of nitrogens with one attached hydrogen (secondary N) is 2. The number of piperidine rings is 1. The zero-order valence-corrected chi connectivity index (χ0v) is 16.5. The summed E-state index contributed by atoms with van der Waals surface area (Å²) in [6.45, 7) is 0.871. The maximum absolute atomic E-state index is 12.8. The molecule has 0 unspecified atom stereocenters. The first-order chi connectivity index (χ1) is 11.3. The fourth-order valence-corrected chi connectivity index (χ4v) is 5.77. The summed E-state index contributed by atoms with van der Waals surface area (Å²) >= 11 is 0. The van der Waals surface area contributed by atoms with Crippen LogP contribution in [0.3, 0.4) is 0 Å². The molecule has 1 aromatic rings. The van der Waals surface area contributed by atoms with Crippen molar-refractivity contribution < 1.29 is 16.8 Å². The highest BCUT2D eigenvalue weighted by atomic mass is 35.5. The predicted molar refractivity (Wildman–Crippen MR) is 97.9 cm³/mol. The van der Waals surface area contributed by atoms with Gasteiger partial charge < -0.3 is 5.32 Å². The number of halogens is 1. The van der Waals surface area contributed by atoms with Crippen molar-refractivity contribution in [3.63, 3.8) is 0 Å². The minimum Gasteiger partial charge on any atom is -0.317 e. The Morgan fingerprint density at radius 3 is 2.12 bits per heavy atom. The van der Waals surface area contributed by atoms with Gasteiger partial charge in [0.25, 0.3) is 0 Å². The van der Waals surface area contributed by atoms with E-state index in [1.54, 1.807) is 0 Å². The summed E-state index contributed by atoms with van der Waals surface area (Å²) in [7, 11) is -5.47. The molecule has 1 saturated heterocycles. The molecular formula is C15H24ClN3O4S2. The third kappa shape index (κ3) is 4.72. The van der Waals surface area contributed by atoms with Gasteiger partial charge in [-0.1, -0.05) is 6.07 Å². The van der Waals surface area contributed by atoms with Crippen molar-refractivity contribution in [2.24, 2.45) is 0 Å². The summed E-state index contributed by atoms with van der Waals surface area (Å²) in [5.74, 6) is 0. The van der Waals surface area contributed by atoms with Crippen LogP contribution in [0.5, 0.6) is 0 Å². The van der Waals surface area contributed by atoms with Crippen LogP contribution in [0.4, 0.5) is 0 Å². The Hall–Kier alpha value is -0.710. The van der Waals surface area contributed by atoms with Crippen LogP contribution in [-0.4, -0.2) is 53.4 Å². The Morgan fingerprint density at radius 1 is 0.960 bits per heavy atom. The van der Waals surface area contributed by atoms with Crippen LogP contribution in [0.15, 0.2) is 34.1 Å². The van der Waals surface area contributed by atoms with E-state index in [2.05, 4.69) is 10.0 Å². The molecule has 0 atom stereocenters. The highest BCUT2D eigenvalue weighted by molar-refractivity contribution is 7.90. The lowest BCUT2D eigenvalue weighted by atomic mass is 10.1. The Bertz CT molecular complexity index is 802. The molecule has 2 fully saturated rings. The van der Waals surface area contributed by atoms with Gasteiger partial charge in [0.05, 0.1) is 9.79 Å². The van der Waals surface area contributed by atoms with E-state index < -0.39 is 20.0 Å². The van der Waals surface area contributed by atoms with E-state index in [4.69, 9.17) is 0 Å². The Balaban J connectivity index is 0.00000225. The van der Waals surface area contributed by atoms with E-state index >= 15 is 0 Å². The Kier molecular flexibility index (Phi) is 6.50. The summed E-state index contributed by atoms with van der Waals surface area (Å²) in [5.41, 5.74) is 0. The molecule has 1 aliphatic heterocycles. The van der Waals surface area contributed by atoms with Gasteiger partial charge in [0.2, 0.25) is 20.0 Å². The van der Waals surface area contributed by atoms with Crippen LogP contribution < -0.4 is 10.0 Å². The van der Waals surface area contributed by atoms with Crippen molar-refractivity contribution in [2.45, 2.75) is 47.6 Å². The minimum absolute atomic E-state index is 0. The predicted octanol–water partition coefficient (Wildman–Crippen LogP) is 0.922. The van der Waals surface area contributed by atoms with Gasteiger partial charge in [0.15, 0.2) is 0 Å². The fourth-order valence-electron chi connectivity index (χ4n) is 2.82. The lowest BCUT2D eigenvalue weighted by Gasteiger charge is -2.31. The molecule has 2 aliphatic rings. The molecule has 0 spiro atoms. The molecule has 10 heteroatoms. The normalized spacial score (nSPS) is 20.2. The fraction of sp³-hybridized carbons (Fsp3) is 0.600. The Morgan fingerprint density at radius 2 is 1.56 bits per heavy atom. The van der Waals surface area contributed by atoms with Crippen LogP contribution in [-0.2, 0) is 20.0 Å². The molecule has 2 N–H and O–H groups in total. The molecule has 1 aromatic carbocycles. The third-order valence-corrected chi connectivity index (χ3v) is 7.93. The van der Waals surface area contributed by atoms with Crippen LogP contribution >= 0.6 is 12.4 Å². The molecular weight excluding hydrogens is 386 g/mol. The first-order valence-electron chi connectivity index (χ1n) is 8.13. The summed E-state index contributed by atoms with van der Waals surface area (Å²) in [5, 5.41) is 3.16. The van der Waals surface area contributed by atoms with Crippen molar-refractivity contribution in [3.8, 4) is 0 Å². The Labute approximate surface area is 155 Å². The lowest BCUT2D eigenvalue weighted by Crippen LogP contribution is -2.43. The van der Waals surface area contributed by atoms with Crippen molar-refractivity contribution in [1.82, 2.24) is 14.3 Å². The van der Waals surface area contributed by atoms with Crippen LogP contribution in [0.2, 0.25) is 0 Å².